The zero-order chi connectivity index (χ0) is 20.2. The summed E-state index contributed by atoms with van der Waals surface area (Å²) in [6, 6.07) is 19.0. The average Bonchev–Trinajstić information content (AvgIpc) is 3.34. The fraction of sp³-hybridized carbons (Fsp3) is 0. The van der Waals surface area contributed by atoms with Crippen molar-refractivity contribution in [2.45, 2.75) is 0 Å². The van der Waals surface area contributed by atoms with Crippen LogP contribution in [0.5, 0.6) is 0 Å². The van der Waals surface area contributed by atoms with Crippen molar-refractivity contribution in [2.24, 2.45) is 4.99 Å². The molecule has 0 saturated heterocycles. The normalized spacial score (nSPS) is 15.0. The van der Waals surface area contributed by atoms with Crippen LogP contribution in [0.1, 0.15) is 11.3 Å². The van der Waals surface area contributed by atoms with Gasteiger partial charge in [0.1, 0.15) is 11.5 Å². The fourth-order valence-electron chi connectivity index (χ4n) is 2.72. The Morgan fingerprint density at radius 2 is 1.79 bits per heavy atom. The maximum Gasteiger partial charge on any atom is 0.363 e. The van der Waals surface area contributed by atoms with Gasteiger partial charge in [-0.2, -0.15) is 0 Å². The van der Waals surface area contributed by atoms with Crippen LogP contribution in [-0.4, -0.2) is 16.8 Å². The minimum absolute atomic E-state index is 0.0300. The minimum atomic E-state index is -0.578. The van der Waals surface area contributed by atoms with Gasteiger partial charge in [0.15, 0.2) is 5.70 Å². The van der Waals surface area contributed by atoms with E-state index in [9.17, 15) is 14.9 Å². The Hall–Kier alpha value is -4.26. The molecule has 1 aliphatic rings. The largest absolute Gasteiger partial charge is 0.457 e. The van der Waals surface area contributed by atoms with Crippen LogP contribution >= 0.6 is 0 Å². The first-order valence-electron chi connectivity index (χ1n) is 8.69. The molecule has 1 aliphatic heterocycles. The van der Waals surface area contributed by atoms with E-state index in [0.717, 1.165) is 5.56 Å². The standard InChI is InChI=1S/C22H14N2O5/c25-22-19(23-21(29-22)12-9-15-5-2-1-3-6-15)14-18-10-11-20(28-18)16-7-4-8-17(13-16)24(26)27/h1-14H. The molecule has 1 aromatic heterocycles. The first-order valence-corrected chi connectivity index (χ1v) is 8.69. The average molecular weight is 386 g/mol. The third kappa shape index (κ3) is 4.19. The van der Waals surface area contributed by atoms with Crippen molar-refractivity contribution in [1.82, 2.24) is 0 Å². The molecule has 7 nitrogen and oxygen atoms in total. The number of non-ortho nitro benzene ring substituents is 1. The maximum absolute atomic E-state index is 12.0. The number of carbonyl (C=O) groups is 1. The van der Waals surface area contributed by atoms with Crippen molar-refractivity contribution in [3.8, 4) is 11.3 Å². The maximum atomic E-state index is 12.0. The van der Waals surface area contributed by atoms with Crippen LogP contribution in [0.3, 0.4) is 0 Å². The third-order valence-corrected chi connectivity index (χ3v) is 4.10. The first-order chi connectivity index (χ1) is 14.1. The van der Waals surface area contributed by atoms with Gasteiger partial charge in [-0.05, 0) is 23.8 Å². The zero-order valence-electron chi connectivity index (χ0n) is 15.0. The van der Waals surface area contributed by atoms with Gasteiger partial charge in [-0.3, -0.25) is 10.1 Å². The molecule has 0 unspecified atom stereocenters. The smallest absolute Gasteiger partial charge is 0.363 e. The molecular weight excluding hydrogens is 372 g/mol. The van der Waals surface area contributed by atoms with E-state index in [1.807, 2.05) is 30.3 Å². The highest BCUT2D eigenvalue weighted by atomic mass is 16.6. The molecule has 4 rings (SSSR count). The number of hydrogen-bond acceptors (Lipinski definition) is 6. The summed E-state index contributed by atoms with van der Waals surface area (Å²) in [5.74, 6) is 0.442. The number of rotatable bonds is 5. The molecular formula is C22H14N2O5. The second kappa shape index (κ2) is 7.77. The summed E-state index contributed by atoms with van der Waals surface area (Å²) in [5, 5.41) is 10.9. The molecule has 0 amide bonds. The number of aliphatic imine (C=N–C) groups is 1. The molecule has 2 heterocycles. The van der Waals surface area contributed by atoms with Gasteiger partial charge in [0.05, 0.1) is 4.92 Å². The van der Waals surface area contributed by atoms with E-state index in [-0.39, 0.29) is 17.3 Å². The second-order valence-corrected chi connectivity index (χ2v) is 6.12. The number of ether oxygens (including phenoxy) is 1. The van der Waals surface area contributed by atoms with E-state index in [2.05, 4.69) is 4.99 Å². The molecule has 0 atom stereocenters. The Morgan fingerprint density at radius 3 is 2.59 bits per heavy atom. The monoisotopic (exact) mass is 386 g/mol. The molecule has 0 fully saturated rings. The van der Waals surface area contributed by atoms with Gasteiger partial charge in [0, 0.05) is 29.8 Å². The zero-order valence-corrected chi connectivity index (χ0v) is 15.0. The Bertz CT molecular complexity index is 1170. The number of cyclic esters (lactones) is 1. The van der Waals surface area contributed by atoms with Gasteiger partial charge >= 0.3 is 5.97 Å². The van der Waals surface area contributed by atoms with E-state index in [1.165, 1.54) is 18.2 Å². The number of carbonyl (C=O) groups excluding carboxylic acids is 1. The molecule has 2 aromatic carbocycles. The summed E-state index contributed by atoms with van der Waals surface area (Å²) in [6.07, 6.45) is 4.87. The van der Waals surface area contributed by atoms with E-state index >= 15 is 0 Å². The van der Waals surface area contributed by atoms with Crippen LogP contribution in [0.15, 0.2) is 87.9 Å². The summed E-state index contributed by atoms with van der Waals surface area (Å²) >= 11 is 0. The molecule has 0 N–H and O–H groups in total. The molecule has 7 heteroatoms. The van der Waals surface area contributed by atoms with E-state index < -0.39 is 10.9 Å². The Labute approximate surface area is 165 Å². The lowest BCUT2D eigenvalue weighted by Crippen LogP contribution is -2.00. The van der Waals surface area contributed by atoms with Crippen LogP contribution in [-0.2, 0) is 9.53 Å². The van der Waals surface area contributed by atoms with E-state index in [1.54, 1.807) is 36.4 Å². The summed E-state index contributed by atoms with van der Waals surface area (Å²) in [6.45, 7) is 0. The fourth-order valence-corrected chi connectivity index (χ4v) is 2.72. The van der Waals surface area contributed by atoms with Crippen molar-refractivity contribution in [3.63, 3.8) is 0 Å². The summed E-state index contributed by atoms with van der Waals surface area (Å²) in [4.78, 5) is 26.7. The molecule has 3 aromatic rings. The highest BCUT2D eigenvalue weighted by Crippen LogP contribution is 2.27. The number of furan rings is 1. The van der Waals surface area contributed by atoms with Gasteiger partial charge in [0.2, 0.25) is 5.90 Å². The predicted molar refractivity (Wildman–Crippen MR) is 108 cm³/mol. The van der Waals surface area contributed by atoms with Gasteiger partial charge in [-0.1, -0.05) is 42.5 Å². The summed E-state index contributed by atoms with van der Waals surface area (Å²) in [7, 11) is 0. The lowest BCUT2D eigenvalue weighted by Gasteiger charge is -1.97. The number of nitro groups is 1. The van der Waals surface area contributed by atoms with Gasteiger partial charge in [-0.25, -0.2) is 9.79 Å². The minimum Gasteiger partial charge on any atom is -0.457 e. The third-order valence-electron chi connectivity index (χ3n) is 4.10. The van der Waals surface area contributed by atoms with E-state index in [4.69, 9.17) is 9.15 Å². The van der Waals surface area contributed by atoms with Crippen LogP contribution in [0.4, 0.5) is 5.69 Å². The highest BCUT2D eigenvalue weighted by Gasteiger charge is 2.22. The summed E-state index contributed by atoms with van der Waals surface area (Å²) < 4.78 is 10.8. The van der Waals surface area contributed by atoms with Gasteiger partial charge in [0.25, 0.3) is 5.69 Å². The second-order valence-electron chi connectivity index (χ2n) is 6.12. The molecule has 29 heavy (non-hydrogen) atoms. The van der Waals surface area contributed by atoms with Crippen LogP contribution in [0.25, 0.3) is 23.5 Å². The van der Waals surface area contributed by atoms with Crippen LogP contribution in [0.2, 0.25) is 0 Å². The molecule has 0 saturated carbocycles. The lowest BCUT2D eigenvalue weighted by molar-refractivity contribution is -0.384. The van der Waals surface area contributed by atoms with Crippen molar-refractivity contribution in [1.29, 1.82) is 0 Å². The summed E-state index contributed by atoms with van der Waals surface area (Å²) in [5.41, 5.74) is 1.60. The van der Waals surface area contributed by atoms with Gasteiger partial charge in [-0.15, -0.1) is 0 Å². The lowest BCUT2D eigenvalue weighted by atomic mass is 10.1. The Kier molecular flexibility index (Phi) is 4.86. The van der Waals surface area contributed by atoms with Crippen molar-refractivity contribution in [2.75, 3.05) is 0 Å². The topological polar surface area (TPSA) is 94.9 Å². The molecule has 142 valence electrons. The van der Waals surface area contributed by atoms with Crippen molar-refractivity contribution >= 4 is 29.7 Å². The number of hydrogen-bond donors (Lipinski definition) is 0. The number of benzene rings is 2. The predicted octanol–water partition coefficient (Wildman–Crippen LogP) is 4.86. The SMILES string of the molecule is O=C1OC(C=Cc2ccccc2)=NC1=Cc1ccc(-c2cccc([N+](=O)[O-])c2)o1. The Balaban J connectivity index is 1.55. The quantitative estimate of drug-likeness (QED) is 0.270. The van der Waals surface area contributed by atoms with Crippen molar-refractivity contribution in [3.05, 3.63) is 99.9 Å². The first kappa shape index (κ1) is 18.1. The van der Waals surface area contributed by atoms with Crippen molar-refractivity contribution < 1.29 is 18.9 Å². The number of nitrogens with zero attached hydrogens (tertiary/aromatic N) is 2. The molecule has 0 aliphatic carbocycles. The molecule has 0 radical (unpaired) electrons. The Morgan fingerprint density at radius 1 is 0.966 bits per heavy atom. The number of nitro benzene ring substituents is 1. The van der Waals surface area contributed by atoms with E-state index in [0.29, 0.717) is 17.1 Å². The van der Waals surface area contributed by atoms with Crippen LogP contribution < -0.4 is 0 Å². The van der Waals surface area contributed by atoms with Gasteiger partial charge < -0.3 is 9.15 Å². The highest BCUT2D eigenvalue weighted by molar-refractivity contribution is 6.11. The molecule has 0 spiro atoms. The molecule has 0 bridgehead atoms. The number of esters is 1. The van der Waals surface area contributed by atoms with Crippen LogP contribution in [0, 0.1) is 10.1 Å².